The van der Waals surface area contributed by atoms with Crippen molar-refractivity contribution >= 4 is 11.8 Å². The lowest BCUT2D eigenvalue weighted by molar-refractivity contribution is 0.457. The van der Waals surface area contributed by atoms with Crippen LogP contribution in [0.15, 0.2) is 0 Å². The maximum Gasteiger partial charge on any atom is -0.000988 e. The Kier molecular flexibility index (Phi) is 3.93. The third kappa shape index (κ3) is 2.27. The highest BCUT2D eigenvalue weighted by Gasteiger charge is 2.63. The molecule has 0 bridgehead atoms. The molecule has 0 saturated heterocycles. The monoisotopic (exact) mass is 215 g/mol. The van der Waals surface area contributed by atoms with Crippen molar-refractivity contribution in [2.75, 3.05) is 25.1 Å². The first kappa shape index (κ1) is 12.4. The Balaban J connectivity index is 2.10. The maximum absolute atomic E-state index is 3.58. The Bertz CT molecular complexity index is 173. The summed E-state index contributed by atoms with van der Waals surface area (Å²) in [7, 11) is 0. The molecule has 0 aliphatic heterocycles. The molecule has 0 aromatic heterocycles. The van der Waals surface area contributed by atoms with Gasteiger partial charge in [-0.3, -0.25) is 0 Å². The maximum atomic E-state index is 3.58. The molecule has 84 valence electrons. The molecule has 0 unspecified atom stereocenters. The first-order valence-corrected chi connectivity index (χ1v) is 7.03. The van der Waals surface area contributed by atoms with E-state index in [4.69, 9.17) is 0 Å². The van der Waals surface area contributed by atoms with Gasteiger partial charge in [0.25, 0.3) is 0 Å². The summed E-state index contributed by atoms with van der Waals surface area (Å²) in [6.07, 6.45) is 3.47. The van der Waals surface area contributed by atoms with Crippen LogP contribution in [0.3, 0.4) is 0 Å². The van der Waals surface area contributed by atoms with Crippen molar-refractivity contribution in [2.45, 2.75) is 34.1 Å². The number of nitrogens with one attached hydrogen (secondary N) is 1. The van der Waals surface area contributed by atoms with Crippen LogP contribution >= 0.6 is 11.8 Å². The first-order chi connectivity index (χ1) is 6.44. The zero-order valence-electron chi connectivity index (χ0n) is 10.3. The van der Waals surface area contributed by atoms with Crippen LogP contribution in [0.2, 0.25) is 0 Å². The highest BCUT2D eigenvalue weighted by atomic mass is 32.2. The van der Waals surface area contributed by atoms with Gasteiger partial charge in [0, 0.05) is 0 Å². The fourth-order valence-corrected chi connectivity index (χ4v) is 2.86. The Morgan fingerprint density at radius 3 is 2.14 bits per heavy atom. The van der Waals surface area contributed by atoms with Crippen LogP contribution in [0.4, 0.5) is 0 Å². The smallest absolute Gasteiger partial charge is 0.000988 e. The normalized spacial score (nSPS) is 23.8. The molecule has 0 spiro atoms. The summed E-state index contributed by atoms with van der Waals surface area (Å²) >= 11 is 1.94. The van der Waals surface area contributed by atoms with Crippen LogP contribution in [0.5, 0.6) is 0 Å². The molecule has 0 heterocycles. The molecule has 0 atom stereocenters. The van der Waals surface area contributed by atoms with E-state index in [0.29, 0.717) is 10.8 Å². The number of hydrogen-bond acceptors (Lipinski definition) is 2. The lowest BCUT2D eigenvalue weighted by Crippen LogP contribution is -2.20. The minimum Gasteiger partial charge on any atom is -0.316 e. The molecule has 0 aromatic rings. The molecule has 1 saturated carbocycles. The molecule has 1 fully saturated rings. The fraction of sp³-hybridized carbons (Fsp3) is 1.00. The number of rotatable bonds is 6. The van der Waals surface area contributed by atoms with Gasteiger partial charge in [0.1, 0.15) is 0 Å². The van der Waals surface area contributed by atoms with Crippen molar-refractivity contribution in [1.82, 2.24) is 5.32 Å². The second-order valence-electron chi connectivity index (χ2n) is 5.55. The lowest BCUT2D eigenvalue weighted by atomic mass is 10.0. The molecule has 14 heavy (non-hydrogen) atoms. The van der Waals surface area contributed by atoms with E-state index in [2.05, 4.69) is 39.3 Å². The average molecular weight is 215 g/mol. The molecule has 1 nitrogen and oxygen atoms in total. The van der Waals surface area contributed by atoms with Crippen LogP contribution in [0.25, 0.3) is 0 Å². The van der Waals surface area contributed by atoms with Crippen molar-refractivity contribution in [3.05, 3.63) is 0 Å². The SMILES string of the molecule is CSCCCNCC1C(C)(C)C1(C)C. The summed E-state index contributed by atoms with van der Waals surface area (Å²) in [5.41, 5.74) is 1.08. The van der Waals surface area contributed by atoms with Gasteiger partial charge in [-0.1, -0.05) is 27.7 Å². The minimum absolute atomic E-state index is 0.541. The Labute approximate surface area is 93.4 Å². The van der Waals surface area contributed by atoms with E-state index in [0.717, 1.165) is 5.92 Å². The Hall–Kier alpha value is 0.310. The zero-order chi connectivity index (χ0) is 10.8. The van der Waals surface area contributed by atoms with E-state index in [9.17, 15) is 0 Å². The van der Waals surface area contributed by atoms with Crippen molar-refractivity contribution in [2.24, 2.45) is 16.7 Å². The van der Waals surface area contributed by atoms with Gasteiger partial charge in [-0.05, 0) is 48.3 Å². The molecular weight excluding hydrogens is 190 g/mol. The standard InChI is InChI=1S/C12H25NS/c1-11(2)10(12(11,3)4)9-13-7-6-8-14-5/h10,13H,6-9H2,1-5H3. The molecule has 2 heteroatoms. The predicted molar refractivity (Wildman–Crippen MR) is 66.9 cm³/mol. The summed E-state index contributed by atoms with van der Waals surface area (Å²) < 4.78 is 0. The first-order valence-electron chi connectivity index (χ1n) is 5.64. The largest absolute Gasteiger partial charge is 0.316 e. The molecule has 0 aromatic carbocycles. The second-order valence-corrected chi connectivity index (χ2v) is 6.53. The molecule has 1 rings (SSSR count). The van der Waals surface area contributed by atoms with Crippen molar-refractivity contribution in [3.63, 3.8) is 0 Å². The van der Waals surface area contributed by atoms with Gasteiger partial charge in [0.2, 0.25) is 0 Å². The molecule has 1 aliphatic carbocycles. The quantitative estimate of drug-likeness (QED) is 0.684. The minimum atomic E-state index is 0.541. The third-order valence-electron chi connectivity index (χ3n) is 4.37. The second kappa shape index (κ2) is 4.44. The van der Waals surface area contributed by atoms with E-state index < -0.39 is 0 Å². The summed E-state index contributed by atoms with van der Waals surface area (Å²) in [5, 5.41) is 3.58. The van der Waals surface area contributed by atoms with Gasteiger partial charge < -0.3 is 5.32 Å². The van der Waals surface area contributed by atoms with Gasteiger partial charge in [0.05, 0.1) is 0 Å². The van der Waals surface area contributed by atoms with Gasteiger partial charge in [-0.15, -0.1) is 0 Å². The number of hydrogen-bond donors (Lipinski definition) is 1. The average Bonchev–Trinajstić information content (AvgIpc) is 2.46. The van der Waals surface area contributed by atoms with Crippen LogP contribution < -0.4 is 5.32 Å². The number of thioether (sulfide) groups is 1. The van der Waals surface area contributed by atoms with Crippen LogP contribution in [-0.4, -0.2) is 25.1 Å². The molecule has 0 radical (unpaired) electrons. The van der Waals surface area contributed by atoms with Gasteiger partial charge in [0.15, 0.2) is 0 Å². The molecule has 1 N–H and O–H groups in total. The van der Waals surface area contributed by atoms with Gasteiger partial charge in [-0.25, -0.2) is 0 Å². The van der Waals surface area contributed by atoms with E-state index in [1.165, 1.54) is 25.3 Å². The Morgan fingerprint density at radius 1 is 1.14 bits per heavy atom. The topological polar surface area (TPSA) is 12.0 Å². The molecular formula is C12H25NS. The van der Waals surface area contributed by atoms with E-state index in [1.807, 2.05) is 11.8 Å². The highest BCUT2D eigenvalue weighted by molar-refractivity contribution is 7.98. The fourth-order valence-electron chi connectivity index (χ4n) is 2.43. The van der Waals surface area contributed by atoms with Crippen molar-refractivity contribution in [1.29, 1.82) is 0 Å². The Morgan fingerprint density at radius 2 is 1.71 bits per heavy atom. The van der Waals surface area contributed by atoms with Gasteiger partial charge >= 0.3 is 0 Å². The van der Waals surface area contributed by atoms with Crippen LogP contribution in [0.1, 0.15) is 34.1 Å². The molecule has 0 amide bonds. The lowest BCUT2D eigenvalue weighted by Gasteiger charge is -2.04. The summed E-state index contributed by atoms with van der Waals surface area (Å²) in [4.78, 5) is 0. The van der Waals surface area contributed by atoms with E-state index in [-0.39, 0.29) is 0 Å². The van der Waals surface area contributed by atoms with Crippen LogP contribution in [0, 0.1) is 16.7 Å². The summed E-state index contributed by atoms with van der Waals surface area (Å²) in [5.74, 6) is 2.15. The molecule has 1 aliphatic rings. The van der Waals surface area contributed by atoms with E-state index >= 15 is 0 Å². The van der Waals surface area contributed by atoms with Crippen molar-refractivity contribution < 1.29 is 0 Å². The van der Waals surface area contributed by atoms with Gasteiger partial charge in [-0.2, -0.15) is 11.8 Å². The van der Waals surface area contributed by atoms with Crippen LogP contribution in [-0.2, 0) is 0 Å². The van der Waals surface area contributed by atoms with E-state index in [1.54, 1.807) is 0 Å². The highest BCUT2D eigenvalue weighted by Crippen LogP contribution is 2.67. The third-order valence-corrected chi connectivity index (χ3v) is 5.07. The summed E-state index contributed by atoms with van der Waals surface area (Å²) in [6.45, 7) is 11.9. The van der Waals surface area contributed by atoms with Crippen molar-refractivity contribution in [3.8, 4) is 0 Å². The summed E-state index contributed by atoms with van der Waals surface area (Å²) in [6, 6.07) is 0. The zero-order valence-corrected chi connectivity index (χ0v) is 11.1. The predicted octanol–water partition coefficient (Wildman–Crippen LogP) is 3.01.